The van der Waals surface area contributed by atoms with Crippen LogP contribution >= 0.6 is 0 Å². The summed E-state index contributed by atoms with van der Waals surface area (Å²) in [6.07, 6.45) is 3.45. The molecule has 5 heteroatoms. The number of carboxylic acid groups (broad SMARTS) is 1. The standard InChI is InChI=1S/C9H7N2.C6H5.C2H4O2.Au/c1-2-5-9(6-3-1)11-8-4-7-10-11;1-2-4-6-5-3-1;1-2(3)4;/h1-3,5-8H;1-5H;1H3,(H,3,4);/q2*-1;;. The minimum Gasteiger partial charge on any atom is -0.481 e. The molecule has 4 nitrogen and oxygen atoms in total. The molecule has 1 aromatic heterocycles. The molecular formula is C17H16AuN2O2-2. The van der Waals surface area contributed by atoms with Gasteiger partial charge in [-0.25, -0.2) is 5.10 Å². The number of carbonyl (C=O) groups is 1. The zero-order chi connectivity index (χ0) is 15.3. The smallest absolute Gasteiger partial charge is 0.300 e. The number of carboxylic acids is 1. The Labute approximate surface area is 145 Å². The van der Waals surface area contributed by atoms with Crippen LogP contribution in [0, 0.1) is 12.1 Å². The Morgan fingerprint density at radius 3 is 1.95 bits per heavy atom. The van der Waals surface area contributed by atoms with E-state index in [-0.39, 0.29) is 22.4 Å². The van der Waals surface area contributed by atoms with Crippen LogP contribution in [0.25, 0.3) is 5.69 Å². The van der Waals surface area contributed by atoms with Crippen molar-refractivity contribution in [2.75, 3.05) is 0 Å². The monoisotopic (exact) mass is 477 g/mol. The molecule has 0 unspecified atom stereocenters. The van der Waals surface area contributed by atoms with Crippen LogP contribution in [0.15, 0.2) is 73.1 Å². The number of rotatable bonds is 1. The molecule has 0 bridgehead atoms. The van der Waals surface area contributed by atoms with Gasteiger partial charge in [0.1, 0.15) is 0 Å². The number of hydrogen-bond donors (Lipinski definition) is 1. The summed E-state index contributed by atoms with van der Waals surface area (Å²) in [5.74, 6) is -0.833. The van der Waals surface area contributed by atoms with E-state index in [4.69, 9.17) is 9.90 Å². The second-order valence-corrected chi connectivity index (χ2v) is 3.82. The summed E-state index contributed by atoms with van der Waals surface area (Å²) in [6.45, 7) is 1.08. The van der Waals surface area contributed by atoms with Crippen molar-refractivity contribution in [3.63, 3.8) is 0 Å². The quantitative estimate of drug-likeness (QED) is 0.433. The molecule has 1 radical (unpaired) electrons. The van der Waals surface area contributed by atoms with Crippen LogP contribution in [0.5, 0.6) is 0 Å². The van der Waals surface area contributed by atoms with Gasteiger partial charge in [-0.1, -0.05) is 18.2 Å². The Hall–Kier alpha value is -2.14. The molecule has 1 heterocycles. The Balaban J connectivity index is 0.000000343. The first-order chi connectivity index (χ1) is 10.2. The molecule has 0 aliphatic rings. The van der Waals surface area contributed by atoms with Gasteiger partial charge < -0.3 is 11.2 Å². The summed E-state index contributed by atoms with van der Waals surface area (Å²) in [7, 11) is 0. The summed E-state index contributed by atoms with van der Waals surface area (Å²) in [5.41, 5.74) is 1.06. The molecule has 1 N–H and O–H groups in total. The van der Waals surface area contributed by atoms with Crippen LogP contribution in [0.3, 0.4) is 0 Å². The molecule has 0 amide bonds. The van der Waals surface area contributed by atoms with Gasteiger partial charge in [-0.3, -0.25) is 9.48 Å². The van der Waals surface area contributed by atoms with Gasteiger partial charge in [0.15, 0.2) is 0 Å². The maximum absolute atomic E-state index is 9.00. The minimum absolute atomic E-state index is 0. The fraction of sp³-hybridized carbons (Fsp3) is 0.0588. The van der Waals surface area contributed by atoms with Crippen LogP contribution in [0.4, 0.5) is 0 Å². The van der Waals surface area contributed by atoms with E-state index in [2.05, 4.69) is 17.2 Å². The number of benzene rings is 2. The molecule has 0 aliphatic carbocycles. The van der Waals surface area contributed by atoms with Gasteiger partial charge in [0.25, 0.3) is 5.97 Å². The van der Waals surface area contributed by atoms with Crippen molar-refractivity contribution < 1.29 is 32.3 Å². The fourth-order valence-corrected chi connectivity index (χ4v) is 1.30. The van der Waals surface area contributed by atoms with Crippen molar-refractivity contribution in [3.8, 4) is 5.69 Å². The maximum Gasteiger partial charge on any atom is 0.300 e. The molecule has 2 aromatic carbocycles. The van der Waals surface area contributed by atoms with Crippen molar-refractivity contribution in [2.45, 2.75) is 6.92 Å². The third-order valence-electron chi connectivity index (χ3n) is 2.08. The maximum atomic E-state index is 9.00. The molecule has 0 aliphatic heterocycles. The summed E-state index contributed by atoms with van der Waals surface area (Å²) < 4.78 is 1.78. The summed E-state index contributed by atoms with van der Waals surface area (Å²) in [6, 6.07) is 25.3. The van der Waals surface area contributed by atoms with Crippen molar-refractivity contribution in [1.82, 2.24) is 9.78 Å². The van der Waals surface area contributed by atoms with Gasteiger partial charge >= 0.3 is 0 Å². The van der Waals surface area contributed by atoms with Crippen LogP contribution in [0.2, 0.25) is 0 Å². The summed E-state index contributed by atoms with van der Waals surface area (Å²) in [4.78, 5) is 9.00. The van der Waals surface area contributed by atoms with Gasteiger partial charge in [-0.2, -0.15) is 36.4 Å². The third-order valence-corrected chi connectivity index (χ3v) is 2.08. The van der Waals surface area contributed by atoms with E-state index in [9.17, 15) is 0 Å². The van der Waals surface area contributed by atoms with E-state index >= 15 is 0 Å². The number of aliphatic carboxylic acids is 1. The van der Waals surface area contributed by atoms with E-state index in [1.165, 1.54) is 0 Å². The average molecular weight is 477 g/mol. The van der Waals surface area contributed by atoms with E-state index in [0.29, 0.717) is 0 Å². The normalized spacial score (nSPS) is 8.23. The number of nitrogens with zero attached hydrogens (tertiary/aromatic N) is 2. The van der Waals surface area contributed by atoms with Crippen molar-refractivity contribution in [1.29, 1.82) is 0 Å². The first kappa shape index (κ1) is 19.9. The predicted molar refractivity (Wildman–Crippen MR) is 81.0 cm³/mol. The predicted octanol–water partition coefficient (Wildman–Crippen LogP) is 3.25. The Bertz CT molecular complexity index is 568. The Morgan fingerprint density at radius 2 is 1.59 bits per heavy atom. The van der Waals surface area contributed by atoms with E-state index in [0.717, 1.165) is 12.6 Å². The van der Waals surface area contributed by atoms with Crippen molar-refractivity contribution in [3.05, 3.63) is 85.2 Å². The van der Waals surface area contributed by atoms with Gasteiger partial charge in [0, 0.05) is 29.3 Å². The second kappa shape index (κ2) is 12.6. The minimum atomic E-state index is -0.833. The molecule has 0 spiro atoms. The van der Waals surface area contributed by atoms with Crippen molar-refractivity contribution in [2.24, 2.45) is 0 Å². The average Bonchev–Trinajstić information content (AvgIpc) is 3.04. The Kier molecular flexibility index (Phi) is 11.4. The first-order valence-corrected chi connectivity index (χ1v) is 6.27. The fourth-order valence-electron chi connectivity index (χ4n) is 1.30. The molecule has 0 fully saturated rings. The van der Waals surface area contributed by atoms with E-state index < -0.39 is 5.97 Å². The first-order valence-electron chi connectivity index (χ1n) is 6.27. The zero-order valence-corrected chi connectivity index (χ0v) is 14.1. The zero-order valence-electron chi connectivity index (χ0n) is 12.0. The summed E-state index contributed by atoms with van der Waals surface area (Å²) in [5, 5.41) is 11.5. The molecule has 0 saturated carbocycles. The number of para-hydroxylation sites is 1. The van der Waals surface area contributed by atoms with Gasteiger partial charge in [0.05, 0.1) is 5.69 Å². The molecule has 3 aromatic rings. The van der Waals surface area contributed by atoms with Crippen LogP contribution in [-0.4, -0.2) is 20.9 Å². The van der Waals surface area contributed by atoms with Crippen LogP contribution in [-0.2, 0) is 27.2 Å². The third kappa shape index (κ3) is 9.72. The van der Waals surface area contributed by atoms with Crippen LogP contribution < -0.4 is 0 Å². The largest absolute Gasteiger partial charge is 0.481 e. The van der Waals surface area contributed by atoms with Gasteiger partial charge in [0.2, 0.25) is 0 Å². The van der Waals surface area contributed by atoms with Gasteiger partial charge in [-0.05, 0) is 12.1 Å². The van der Waals surface area contributed by atoms with E-state index in [1.54, 1.807) is 17.1 Å². The van der Waals surface area contributed by atoms with Gasteiger partial charge in [-0.15, -0.1) is 12.4 Å². The molecule has 3 rings (SSSR count). The molecule has 0 atom stereocenters. The van der Waals surface area contributed by atoms with Crippen molar-refractivity contribution >= 4 is 5.97 Å². The molecule has 0 saturated heterocycles. The molecule has 22 heavy (non-hydrogen) atoms. The Morgan fingerprint density at radius 1 is 1.05 bits per heavy atom. The second-order valence-electron chi connectivity index (χ2n) is 3.82. The molecule has 119 valence electrons. The van der Waals surface area contributed by atoms with E-state index in [1.807, 2.05) is 60.7 Å². The molecular weight excluding hydrogens is 461 g/mol. The SMILES string of the molecule is CC(=O)O.[Au].[c-]1ccccc1.[c-]1cnn(-c2ccccc2)c1. The van der Waals surface area contributed by atoms with Crippen LogP contribution in [0.1, 0.15) is 6.92 Å². The number of aromatic nitrogens is 2. The summed E-state index contributed by atoms with van der Waals surface area (Å²) >= 11 is 0. The topological polar surface area (TPSA) is 55.1 Å². The number of hydrogen-bond acceptors (Lipinski definition) is 2.